The standard InChI is InChI=1S/C28H47IO5/c1-4-5-6-7-11-15-28(33-17-18-34-28)16-14-24-22(20-29)19-26(30)25(24)13-10-8-9-12-23(21(2)3)27(31)32/h8,10,21-25H,4-7,9,11-20H2,1-3H3,(H,31,32)/b10-8+/t22-,23?,24-,25+/m0/s1. The zero-order valence-corrected chi connectivity index (χ0v) is 23.8. The van der Waals surface area contributed by atoms with Crippen LogP contribution in [0.15, 0.2) is 12.2 Å². The minimum Gasteiger partial charge on any atom is -0.481 e. The van der Waals surface area contributed by atoms with Crippen LogP contribution in [0.25, 0.3) is 0 Å². The molecule has 1 unspecified atom stereocenters. The average Bonchev–Trinajstić information content (AvgIpc) is 3.38. The van der Waals surface area contributed by atoms with Crippen LogP contribution in [0.2, 0.25) is 0 Å². The van der Waals surface area contributed by atoms with Gasteiger partial charge in [0.25, 0.3) is 0 Å². The number of carbonyl (C=O) groups is 2. The number of aliphatic carboxylic acids is 1. The van der Waals surface area contributed by atoms with Crippen LogP contribution in [0.3, 0.4) is 0 Å². The van der Waals surface area contributed by atoms with E-state index in [1.54, 1.807) is 0 Å². The third-order valence-electron chi connectivity index (χ3n) is 7.85. The second-order valence-corrected chi connectivity index (χ2v) is 11.5. The maximum Gasteiger partial charge on any atom is 0.306 e. The Morgan fingerprint density at radius 1 is 1.15 bits per heavy atom. The molecule has 1 heterocycles. The Kier molecular flexibility index (Phi) is 13.7. The molecule has 1 N–H and O–H groups in total. The van der Waals surface area contributed by atoms with Crippen molar-refractivity contribution in [3.05, 3.63) is 12.2 Å². The summed E-state index contributed by atoms with van der Waals surface area (Å²) in [5.41, 5.74) is 0. The second kappa shape index (κ2) is 15.6. The number of alkyl halides is 1. The van der Waals surface area contributed by atoms with Gasteiger partial charge in [0, 0.05) is 29.6 Å². The number of carboxylic acid groups (broad SMARTS) is 1. The SMILES string of the molecule is CCCCCCCC1(CC[C@H]2[C@H](CI)CC(=O)[C@@H]2C/C=C/CCC(C(=O)O)C(C)C)OCCO1. The van der Waals surface area contributed by atoms with E-state index in [0.29, 0.717) is 43.7 Å². The van der Waals surface area contributed by atoms with Gasteiger partial charge < -0.3 is 14.6 Å². The van der Waals surface area contributed by atoms with Crippen LogP contribution in [-0.4, -0.2) is 40.3 Å². The average molecular weight is 591 g/mol. The van der Waals surface area contributed by atoms with E-state index in [2.05, 4.69) is 41.7 Å². The van der Waals surface area contributed by atoms with Gasteiger partial charge in [-0.25, -0.2) is 0 Å². The molecule has 196 valence electrons. The second-order valence-electron chi connectivity index (χ2n) is 10.6. The van der Waals surface area contributed by atoms with Gasteiger partial charge in [0.15, 0.2) is 5.79 Å². The number of hydrogen-bond donors (Lipinski definition) is 1. The Morgan fingerprint density at radius 2 is 1.85 bits per heavy atom. The van der Waals surface area contributed by atoms with Crippen molar-refractivity contribution in [1.29, 1.82) is 0 Å². The van der Waals surface area contributed by atoms with Crippen LogP contribution < -0.4 is 0 Å². The first-order chi connectivity index (χ1) is 16.3. The molecule has 1 saturated heterocycles. The van der Waals surface area contributed by atoms with Crippen LogP contribution in [-0.2, 0) is 19.1 Å². The summed E-state index contributed by atoms with van der Waals surface area (Å²) >= 11 is 2.43. The molecule has 5 nitrogen and oxygen atoms in total. The predicted molar refractivity (Wildman–Crippen MR) is 145 cm³/mol. The van der Waals surface area contributed by atoms with Crippen molar-refractivity contribution in [3.8, 4) is 0 Å². The molecular formula is C28H47IO5. The van der Waals surface area contributed by atoms with Crippen LogP contribution in [0, 0.1) is 29.6 Å². The lowest BCUT2D eigenvalue weighted by Crippen LogP contribution is -2.32. The monoisotopic (exact) mass is 590 g/mol. The molecular weight excluding hydrogens is 543 g/mol. The number of allylic oxidation sites excluding steroid dienone is 2. The Balaban J connectivity index is 1.90. The van der Waals surface area contributed by atoms with Gasteiger partial charge in [-0.3, -0.25) is 9.59 Å². The van der Waals surface area contributed by atoms with Crippen molar-refractivity contribution in [2.45, 2.75) is 104 Å². The third kappa shape index (κ3) is 9.20. The lowest BCUT2D eigenvalue weighted by molar-refractivity contribution is -0.171. The van der Waals surface area contributed by atoms with E-state index in [4.69, 9.17) is 9.47 Å². The molecule has 2 rings (SSSR count). The van der Waals surface area contributed by atoms with Gasteiger partial charge in [0.1, 0.15) is 5.78 Å². The van der Waals surface area contributed by atoms with E-state index in [0.717, 1.165) is 43.0 Å². The van der Waals surface area contributed by atoms with E-state index in [-0.39, 0.29) is 17.8 Å². The van der Waals surface area contributed by atoms with Crippen molar-refractivity contribution < 1.29 is 24.2 Å². The molecule has 0 spiro atoms. The highest BCUT2D eigenvalue weighted by molar-refractivity contribution is 14.1. The Morgan fingerprint density at radius 3 is 2.47 bits per heavy atom. The number of carbonyl (C=O) groups excluding carboxylic acids is 1. The van der Waals surface area contributed by atoms with Crippen molar-refractivity contribution in [2.24, 2.45) is 29.6 Å². The van der Waals surface area contributed by atoms with Gasteiger partial charge in [-0.15, -0.1) is 0 Å². The number of Topliss-reactive ketones (excluding diaryl/α,β-unsaturated/α-hetero) is 1. The maximum atomic E-state index is 12.9. The molecule has 34 heavy (non-hydrogen) atoms. The molecule has 6 heteroatoms. The number of halogens is 1. The van der Waals surface area contributed by atoms with E-state index in [1.807, 2.05) is 13.8 Å². The third-order valence-corrected chi connectivity index (χ3v) is 8.99. The first-order valence-electron chi connectivity index (χ1n) is 13.6. The van der Waals surface area contributed by atoms with E-state index >= 15 is 0 Å². The fourth-order valence-corrected chi connectivity index (χ4v) is 6.68. The number of unbranched alkanes of at least 4 members (excludes halogenated alkanes) is 4. The largest absolute Gasteiger partial charge is 0.481 e. The summed E-state index contributed by atoms with van der Waals surface area (Å²) in [6.07, 6.45) is 16.0. The quantitative estimate of drug-likeness (QED) is 0.0839. The summed E-state index contributed by atoms with van der Waals surface area (Å²) in [6.45, 7) is 7.51. The highest BCUT2D eigenvalue weighted by Gasteiger charge is 2.43. The Labute approximate surface area is 220 Å². The predicted octanol–water partition coefficient (Wildman–Crippen LogP) is 7.21. The lowest BCUT2D eigenvalue weighted by Gasteiger charge is -2.31. The molecule has 1 saturated carbocycles. The fourth-order valence-electron chi connectivity index (χ4n) is 5.71. The highest BCUT2D eigenvalue weighted by Crippen LogP contribution is 2.43. The smallest absolute Gasteiger partial charge is 0.306 e. The normalized spacial score (nSPS) is 25.6. The van der Waals surface area contributed by atoms with Crippen LogP contribution in [0.4, 0.5) is 0 Å². The molecule has 2 aliphatic rings. The summed E-state index contributed by atoms with van der Waals surface area (Å²) in [5.74, 6) is -0.0590. The summed E-state index contributed by atoms with van der Waals surface area (Å²) < 4.78 is 13.3. The molecule has 0 radical (unpaired) electrons. The Hall–Kier alpha value is -0.470. The van der Waals surface area contributed by atoms with Gasteiger partial charge >= 0.3 is 5.97 Å². The molecule has 0 aromatic rings. The number of hydrogen-bond acceptors (Lipinski definition) is 4. The molecule has 0 bridgehead atoms. The number of rotatable bonds is 17. The van der Waals surface area contributed by atoms with Crippen molar-refractivity contribution in [1.82, 2.24) is 0 Å². The van der Waals surface area contributed by atoms with Crippen molar-refractivity contribution in [2.75, 3.05) is 17.6 Å². The van der Waals surface area contributed by atoms with Gasteiger partial charge in [-0.05, 0) is 49.9 Å². The van der Waals surface area contributed by atoms with Crippen molar-refractivity contribution in [3.63, 3.8) is 0 Å². The summed E-state index contributed by atoms with van der Waals surface area (Å²) in [5, 5.41) is 9.37. The summed E-state index contributed by atoms with van der Waals surface area (Å²) in [4.78, 5) is 24.3. The summed E-state index contributed by atoms with van der Waals surface area (Å²) in [6, 6.07) is 0. The van der Waals surface area contributed by atoms with Gasteiger partial charge in [-0.2, -0.15) is 0 Å². The number of ether oxygens (including phenoxy) is 2. The first-order valence-corrected chi connectivity index (χ1v) is 15.1. The van der Waals surface area contributed by atoms with E-state index < -0.39 is 11.8 Å². The van der Waals surface area contributed by atoms with E-state index in [9.17, 15) is 14.7 Å². The number of ketones is 1. The molecule has 1 aliphatic heterocycles. The van der Waals surface area contributed by atoms with Gasteiger partial charge in [-0.1, -0.05) is 81.2 Å². The molecule has 0 aromatic carbocycles. The Bertz CT molecular complexity index is 641. The lowest BCUT2D eigenvalue weighted by atomic mass is 9.82. The molecule has 4 atom stereocenters. The molecule has 2 fully saturated rings. The first kappa shape index (κ1) is 29.8. The summed E-state index contributed by atoms with van der Waals surface area (Å²) in [7, 11) is 0. The topological polar surface area (TPSA) is 72.8 Å². The van der Waals surface area contributed by atoms with Crippen LogP contribution in [0.1, 0.15) is 97.8 Å². The minimum absolute atomic E-state index is 0.0689. The highest BCUT2D eigenvalue weighted by atomic mass is 127. The zero-order valence-electron chi connectivity index (χ0n) is 21.6. The van der Waals surface area contributed by atoms with Crippen molar-refractivity contribution >= 4 is 34.3 Å². The minimum atomic E-state index is -0.713. The van der Waals surface area contributed by atoms with Crippen LogP contribution in [0.5, 0.6) is 0 Å². The molecule has 0 aromatic heterocycles. The van der Waals surface area contributed by atoms with E-state index in [1.165, 1.54) is 25.7 Å². The van der Waals surface area contributed by atoms with Gasteiger partial charge in [0.05, 0.1) is 19.1 Å². The van der Waals surface area contributed by atoms with Gasteiger partial charge in [0.2, 0.25) is 0 Å². The zero-order chi connectivity index (χ0) is 25.0. The molecule has 0 amide bonds. The fraction of sp³-hybridized carbons (Fsp3) is 0.857. The number of carboxylic acids is 1. The van der Waals surface area contributed by atoms with Crippen LogP contribution >= 0.6 is 22.6 Å². The molecule has 1 aliphatic carbocycles. The maximum absolute atomic E-state index is 12.9.